The summed E-state index contributed by atoms with van der Waals surface area (Å²) in [5.41, 5.74) is 1.34. The van der Waals surface area contributed by atoms with Crippen LogP contribution in [-0.4, -0.2) is 23.7 Å². The van der Waals surface area contributed by atoms with Crippen molar-refractivity contribution in [1.29, 1.82) is 0 Å². The van der Waals surface area contributed by atoms with Crippen LogP contribution >= 0.6 is 0 Å². The first-order chi connectivity index (χ1) is 5.76. The Morgan fingerprint density at radius 3 is 2.83 bits per heavy atom. The second kappa shape index (κ2) is 4.26. The zero-order chi connectivity index (χ0) is 8.97. The number of carbonyl (C=O) groups is 1. The first-order valence-corrected chi connectivity index (χ1v) is 4.36. The maximum atomic E-state index is 10.9. The van der Waals surface area contributed by atoms with E-state index in [2.05, 4.69) is 5.32 Å². The Morgan fingerprint density at radius 1 is 1.75 bits per heavy atom. The summed E-state index contributed by atoms with van der Waals surface area (Å²) in [6.07, 6.45) is 4.67. The molecule has 1 saturated carbocycles. The van der Waals surface area contributed by atoms with Gasteiger partial charge in [-0.15, -0.1) is 0 Å². The third kappa shape index (κ3) is 3.05. The molecule has 0 radical (unpaired) electrons. The normalized spacial score (nSPS) is 17.0. The van der Waals surface area contributed by atoms with Crippen LogP contribution in [0.5, 0.6) is 0 Å². The number of rotatable bonds is 4. The number of aliphatic hydroxyl groups is 1. The van der Waals surface area contributed by atoms with Gasteiger partial charge in [0.25, 0.3) is 0 Å². The number of amides is 1. The average molecular weight is 169 g/mol. The van der Waals surface area contributed by atoms with E-state index in [1.165, 1.54) is 5.57 Å². The molecule has 1 aliphatic carbocycles. The quantitative estimate of drug-likeness (QED) is 0.605. The highest BCUT2D eigenvalue weighted by molar-refractivity contribution is 5.76. The maximum absolute atomic E-state index is 10.9. The van der Waals surface area contributed by atoms with Crippen molar-refractivity contribution in [3.63, 3.8) is 0 Å². The second-order valence-electron chi connectivity index (χ2n) is 3.04. The van der Waals surface area contributed by atoms with Crippen LogP contribution in [0.3, 0.4) is 0 Å². The fourth-order valence-electron chi connectivity index (χ4n) is 0.972. The van der Waals surface area contributed by atoms with Crippen molar-refractivity contribution in [2.75, 3.05) is 6.61 Å². The fraction of sp³-hybridized carbons (Fsp3) is 0.667. The summed E-state index contributed by atoms with van der Waals surface area (Å²) in [7, 11) is 0. The summed E-state index contributed by atoms with van der Waals surface area (Å²) in [6.45, 7) is 1.79. The molecule has 0 unspecified atom stereocenters. The van der Waals surface area contributed by atoms with Gasteiger partial charge in [-0.1, -0.05) is 18.6 Å². The molecule has 1 fully saturated rings. The molecular weight excluding hydrogens is 154 g/mol. The maximum Gasteiger partial charge on any atom is 0.220 e. The number of allylic oxidation sites excluding steroid dienone is 1. The van der Waals surface area contributed by atoms with E-state index in [9.17, 15) is 4.79 Å². The molecule has 0 heterocycles. The van der Waals surface area contributed by atoms with Gasteiger partial charge in [-0.3, -0.25) is 4.79 Å². The molecule has 0 saturated heterocycles. The minimum atomic E-state index is -0.171. The number of hydrogen-bond acceptors (Lipinski definition) is 2. The standard InChI is InChI=1S/C9H15NO2/c1-2-9(12)10-8(6-11)5-7-3-4-7/h5,8,11H,2-4,6H2,1H3,(H,10,12)/t8-/m0/s1. The topological polar surface area (TPSA) is 49.3 Å². The Bertz CT molecular complexity index is 193. The van der Waals surface area contributed by atoms with Gasteiger partial charge in [-0.25, -0.2) is 0 Å². The lowest BCUT2D eigenvalue weighted by Gasteiger charge is -2.10. The lowest BCUT2D eigenvalue weighted by Crippen LogP contribution is -2.35. The lowest BCUT2D eigenvalue weighted by molar-refractivity contribution is -0.121. The van der Waals surface area contributed by atoms with Gasteiger partial charge in [0, 0.05) is 6.42 Å². The fourth-order valence-corrected chi connectivity index (χ4v) is 0.972. The van der Waals surface area contributed by atoms with Crippen LogP contribution in [0.4, 0.5) is 0 Å². The molecule has 3 nitrogen and oxygen atoms in total. The molecule has 1 amide bonds. The van der Waals surface area contributed by atoms with Crippen LogP contribution in [0.2, 0.25) is 0 Å². The Balaban J connectivity index is 2.34. The molecule has 0 aromatic carbocycles. The summed E-state index contributed by atoms with van der Waals surface area (Å²) in [4.78, 5) is 10.9. The minimum absolute atomic E-state index is 0.00472. The third-order valence-corrected chi connectivity index (χ3v) is 1.84. The van der Waals surface area contributed by atoms with Crippen molar-refractivity contribution in [3.8, 4) is 0 Å². The lowest BCUT2D eigenvalue weighted by atomic mass is 10.2. The number of nitrogens with one attached hydrogen (secondary N) is 1. The Kier molecular flexibility index (Phi) is 3.29. The van der Waals surface area contributed by atoms with E-state index in [0.29, 0.717) is 6.42 Å². The summed E-state index contributed by atoms with van der Waals surface area (Å²) in [6, 6.07) is -0.171. The van der Waals surface area contributed by atoms with Crippen molar-refractivity contribution in [1.82, 2.24) is 5.32 Å². The van der Waals surface area contributed by atoms with Crippen LogP contribution in [0, 0.1) is 0 Å². The van der Waals surface area contributed by atoms with Crippen molar-refractivity contribution in [2.45, 2.75) is 32.2 Å². The van der Waals surface area contributed by atoms with Gasteiger partial charge >= 0.3 is 0 Å². The van der Waals surface area contributed by atoms with Gasteiger partial charge in [0.2, 0.25) is 5.91 Å². The van der Waals surface area contributed by atoms with Crippen LogP contribution in [-0.2, 0) is 4.79 Å². The number of carbonyl (C=O) groups excluding carboxylic acids is 1. The molecule has 0 aromatic rings. The highest BCUT2D eigenvalue weighted by atomic mass is 16.3. The second-order valence-corrected chi connectivity index (χ2v) is 3.04. The average Bonchev–Trinajstić information content (AvgIpc) is 2.86. The smallest absolute Gasteiger partial charge is 0.220 e. The van der Waals surface area contributed by atoms with E-state index in [4.69, 9.17) is 5.11 Å². The molecule has 0 bridgehead atoms. The number of aliphatic hydroxyl groups excluding tert-OH is 1. The first kappa shape index (κ1) is 9.26. The van der Waals surface area contributed by atoms with Gasteiger partial charge in [-0.05, 0) is 12.8 Å². The largest absolute Gasteiger partial charge is 0.394 e. The van der Waals surface area contributed by atoms with Crippen LogP contribution in [0.15, 0.2) is 11.6 Å². The Morgan fingerprint density at radius 2 is 2.42 bits per heavy atom. The van der Waals surface area contributed by atoms with Crippen molar-refractivity contribution in [2.24, 2.45) is 0 Å². The molecule has 3 heteroatoms. The third-order valence-electron chi connectivity index (χ3n) is 1.84. The van der Waals surface area contributed by atoms with Crippen LogP contribution in [0.1, 0.15) is 26.2 Å². The van der Waals surface area contributed by atoms with Gasteiger partial charge in [0.1, 0.15) is 0 Å². The summed E-state index contributed by atoms with van der Waals surface area (Å²) >= 11 is 0. The van der Waals surface area contributed by atoms with Gasteiger partial charge in [-0.2, -0.15) is 0 Å². The molecule has 1 aliphatic rings. The van der Waals surface area contributed by atoms with Gasteiger partial charge < -0.3 is 10.4 Å². The van der Waals surface area contributed by atoms with E-state index >= 15 is 0 Å². The SMILES string of the molecule is CCC(=O)N[C@@H](C=C1CC1)CO. The van der Waals surface area contributed by atoms with E-state index < -0.39 is 0 Å². The predicted octanol–water partition coefficient (Wildman–Crippen LogP) is 0.594. The van der Waals surface area contributed by atoms with E-state index in [1.54, 1.807) is 6.92 Å². The van der Waals surface area contributed by atoms with Crippen LogP contribution < -0.4 is 5.32 Å². The zero-order valence-electron chi connectivity index (χ0n) is 7.34. The molecule has 12 heavy (non-hydrogen) atoms. The van der Waals surface area contributed by atoms with E-state index in [-0.39, 0.29) is 18.6 Å². The summed E-state index contributed by atoms with van der Waals surface area (Å²) in [5.74, 6) is -0.00782. The minimum Gasteiger partial charge on any atom is -0.394 e. The molecule has 0 spiro atoms. The van der Waals surface area contributed by atoms with E-state index in [1.807, 2.05) is 6.08 Å². The molecule has 1 atom stereocenters. The Labute approximate surface area is 72.5 Å². The summed E-state index contributed by atoms with van der Waals surface area (Å²) < 4.78 is 0. The first-order valence-electron chi connectivity index (χ1n) is 4.36. The zero-order valence-corrected chi connectivity index (χ0v) is 7.34. The van der Waals surface area contributed by atoms with Gasteiger partial charge in [0.05, 0.1) is 12.6 Å². The molecular formula is C9H15NO2. The van der Waals surface area contributed by atoms with Crippen LogP contribution in [0.25, 0.3) is 0 Å². The highest BCUT2D eigenvalue weighted by Gasteiger charge is 2.14. The molecule has 0 aromatic heterocycles. The van der Waals surface area contributed by atoms with Crippen molar-refractivity contribution < 1.29 is 9.90 Å². The molecule has 2 N–H and O–H groups in total. The number of hydrogen-bond donors (Lipinski definition) is 2. The van der Waals surface area contributed by atoms with Gasteiger partial charge in [0.15, 0.2) is 0 Å². The summed E-state index contributed by atoms with van der Waals surface area (Å²) in [5, 5.41) is 11.6. The molecule has 1 rings (SSSR count). The van der Waals surface area contributed by atoms with E-state index in [0.717, 1.165) is 12.8 Å². The highest BCUT2D eigenvalue weighted by Crippen LogP contribution is 2.27. The Hall–Kier alpha value is -0.830. The van der Waals surface area contributed by atoms with Crippen molar-refractivity contribution >= 4 is 5.91 Å². The predicted molar refractivity (Wildman–Crippen MR) is 46.6 cm³/mol. The van der Waals surface area contributed by atoms with Crippen molar-refractivity contribution in [3.05, 3.63) is 11.6 Å². The molecule has 68 valence electrons. The monoisotopic (exact) mass is 169 g/mol. The molecule has 0 aliphatic heterocycles.